The number of nitrogens with zero attached hydrogens (tertiary/aromatic N) is 2. The standard InChI is InChI=1S/C35H35FN2O5/c1-7-28(39)32-27-15-26(23-9-8-21(4)25(14-23)29(40)17-35(5,6)34-37-19-42-38-34)30(41-18-20(2)3)16-31(27)43-33(32)22-10-12-24(36)13-11-22/h8-16,19-20H,7,17-18H2,1-6H3. The number of halogens is 1. The van der Waals surface area contributed by atoms with Gasteiger partial charge in [-0.15, -0.1) is 0 Å². The normalized spacial score (nSPS) is 11.8. The van der Waals surface area contributed by atoms with Gasteiger partial charge in [-0.05, 0) is 60.4 Å². The van der Waals surface area contributed by atoms with Gasteiger partial charge in [0.1, 0.15) is 22.9 Å². The number of benzene rings is 3. The number of furan rings is 1. The number of hydrogen-bond acceptors (Lipinski definition) is 7. The Morgan fingerprint density at radius 1 is 1.00 bits per heavy atom. The van der Waals surface area contributed by atoms with Gasteiger partial charge in [0, 0.05) is 46.4 Å². The Morgan fingerprint density at radius 3 is 2.37 bits per heavy atom. The summed E-state index contributed by atoms with van der Waals surface area (Å²) in [5.41, 5.74) is 3.82. The van der Waals surface area contributed by atoms with E-state index in [0.717, 1.165) is 16.7 Å². The van der Waals surface area contributed by atoms with Crippen LogP contribution in [0.2, 0.25) is 0 Å². The molecule has 0 saturated heterocycles. The molecule has 0 bridgehead atoms. The highest BCUT2D eigenvalue weighted by molar-refractivity contribution is 6.13. The van der Waals surface area contributed by atoms with Gasteiger partial charge < -0.3 is 13.7 Å². The van der Waals surface area contributed by atoms with Crippen LogP contribution in [0.5, 0.6) is 5.75 Å². The maximum absolute atomic E-state index is 13.7. The molecule has 0 aliphatic rings. The van der Waals surface area contributed by atoms with Gasteiger partial charge in [0.05, 0.1) is 12.2 Å². The summed E-state index contributed by atoms with van der Waals surface area (Å²) in [6, 6.07) is 15.3. The van der Waals surface area contributed by atoms with E-state index in [1.807, 2.05) is 45.0 Å². The zero-order valence-corrected chi connectivity index (χ0v) is 25.3. The zero-order valence-electron chi connectivity index (χ0n) is 25.3. The highest BCUT2D eigenvalue weighted by Crippen LogP contribution is 2.42. The second-order valence-corrected chi connectivity index (χ2v) is 11.9. The minimum atomic E-state index is -0.625. The molecule has 0 amide bonds. The number of Topliss-reactive ketones (excluding diaryl/α,β-unsaturated/α-hetero) is 2. The lowest BCUT2D eigenvalue weighted by Gasteiger charge is -2.20. The molecule has 0 unspecified atom stereocenters. The van der Waals surface area contributed by atoms with Crippen LogP contribution in [0, 0.1) is 18.7 Å². The summed E-state index contributed by atoms with van der Waals surface area (Å²) in [6.07, 6.45) is 1.71. The maximum atomic E-state index is 13.7. The van der Waals surface area contributed by atoms with E-state index in [-0.39, 0.29) is 36.1 Å². The van der Waals surface area contributed by atoms with E-state index < -0.39 is 5.41 Å². The van der Waals surface area contributed by atoms with Crippen molar-refractivity contribution in [2.45, 2.75) is 59.8 Å². The Bertz CT molecular complexity index is 1780. The second-order valence-electron chi connectivity index (χ2n) is 11.9. The van der Waals surface area contributed by atoms with Crippen LogP contribution in [-0.2, 0) is 5.41 Å². The summed E-state index contributed by atoms with van der Waals surface area (Å²) >= 11 is 0. The van der Waals surface area contributed by atoms with Crippen molar-refractivity contribution in [3.63, 3.8) is 0 Å². The van der Waals surface area contributed by atoms with Crippen LogP contribution in [0.25, 0.3) is 33.4 Å². The summed E-state index contributed by atoms with van der Waals surface area (Å²) in [7, 11) is 0. The Morgan fingerprint density at radius 2 is 1.72 bits per heavy atom. The minimum absolute atomic E-state index is 0.0522. The number of ketones is 2. The topological polar surface area (TPSA) is 95.4 Å². The molecule has 7 nitrogen and oxygen atoms in total. The van der Waals surface area contributed by atoms with E-state index >= 15 is 0 Å². The van der Waals surface area contributed by atoms with Crippen LogP contribution < -0.4 is 4.74 Å². The van der Waals surface area contributed by atoms with Crippen molar-refractivity contribution >= 4 is 22.5 Å². The van der Waals surface area contributed by atoms with E-state index in [2.05, 4.69) is 24.0 Å². The van der Waals surface area contributed by atoms with Gasteiger partial charge in [-0.2, -0.15) is 4.98 Å². The number of ether oxygens (including phenoxy) is 1. The average molecular weight is 583 g/mol. The largest absolute Gasteiger partial charge is 0.493 e. The molecule has 0 N–H and O–H groups in total. The van der Waals surface area contributed by atoms with E-state index in [1.165, 1.54) is 18.5 Å². The molecule has 0 fully saturated rings. The fraction of sp³-hybridized carbons (Fsp3) is 0.314. The number of carbonyl (C=O) groups is 2. The van der Waals surface area contributed by atoms with Crippen LogP contribution in [0.15, 0.2) is 69.9 Å². The van der Waals surface area contributed by atoms with E-state index in [1.54, 1.807) is 25.1 Å². The van der Waals surface area contributed by atoms with E-state index in [9.17, 15) is 14.0 Å². The molecule has 0 aliphatic heterocycles. The lowest BCUT2D eigenvalue weighted by atomic mass is 9.83. The van der Waals surface area contributed by atoms with Crippen molar-refractivity contribution in [2.24, 2.45) is 5.92 Å². The average Bonchev–Trinajstić information content (AvgIpc) is 3.65. The van der Waals surface area contributed by atoms with Crippen molar-refractivity contribution in [2.75, 3.05) is 6.61 Å². The summed E-state index contributed by atoms with van der Waals surface area (Å²) in [5, 5.41) is 4.57. The van der Waals surface area contributed by atoms with Gasteiger partial charge in [-0.25, -0.2) is 4.39 Å². The predicted octanol–water partition coefficient (Wildman–Crippen LogP) is 8.78. The van der Waals surface area contributed by atoms with Gasteiger partial charge in [-0.1, -0.05) is 51.9 Å². The molecular weight excluding hydrogens is 547 g/mol. The molecule has 0 atom stereocenters. The first-order valence-electron chi connectivity index (χ1n) is 14.4. The molecule has 0 aliphatic carbocycles. The predicted molar refractivity (Wildman–Crippen MR) is 163 cm³/mol. The molecule has 0 spiro atoms. The molecule has 2 aromatic heterocycles. The molecule has 43 heavy (non-hydrogen) atoms. The number of aryl methyl sites for hydroxylation is 1. The summed E-state index contributed by atoms with van der Waals surface area (Å²) in [4.78, 5) is 31.1. The van der Waals surface area contributed by atoms with Crippen molar-refractivity contribution in [3.8, 4) is 28.2 Å². The third kappa shape index (κ3) is 6.14. The third-order valence-electron chi connectivity index (χ3n) is 7.49. The molecular formula is C35H35FN2O5. The third-order valence-corrected chi connectivity index (χ3v) is 7.49. The SMILES string of the molecule is CCC(=O)c1c(-c2ccc(F)cc2)oc2cc(OCC(C)C)c(-c3ccc(C)c(C(=O)CC(C)(C)c4ncon4)c3)cc12. The number of hydrogen-bond donors (Lipinski definition) is 0. The van der Waals surface area contributed by atoms with Gasteiger partial charge in [0.25, 0.3) is 0 Å². The quantitative estimate of drug-likeness (QED) is 0.144. The van der Waals surface area contributed by atoms with Gasteiger partial charge >= 0.3 is 0 Å². The Labute approximate surface area is 250 Å². The van der Waals surface area contributed by atoms with Gasteiger partial charge in [-0.3, -0.25) is 9.59 Å². The second kappa shape index (κ2) is 12.0. The summed E-state index contributed by atoms with van der Waals surface area (Å²) in [6.45, 7) is 12.1. The zero-order chi connectivity index (χ0) is 30.9. The van der Waals surface area contributed by atoms with Crippen molar-refractivity contribution in [1.29, 1.82) is 0 Å². The lowest BCUT2D eigenvalue weighted by Crippen LogP contribution is -2.24. The molecule has 5 aromatic rings. The van der Waals surface area contributed by atoms with Crippen LogP contribution in [0.1, 0.15) is 79.6 Å². The maximum Gasteiger partial charge on any atom is 0.213 e. The minimum Gasteiger partial charge on any atom is -0.493 e. The van der Waals surface area contributed by atoms with E-state index in [4.69, 9.17) is 13.7 Å². The molecule has 0 saturated carbocycles. The number of rotatable bonds is 11. The monoisotopic (exact) mass is 582 g/mol. The van der Waals surface area contributed by atoms with Gasteiger partial charge in [0.15, 0.2) is 17.4 Å². The first-order valence-corrected chi connectivity index (χ1v) is 14.4. The molecule has 0 radical (unpaired) electrons. The highest BCUT2D eigenvalue weighted by atomic mass is 19.1. The van der Waals surface area contributed by atoms with Gasteiger partial charge in [0.2, 0.25) is 6.39 Å². The molecule has 2 heterocycles. The summed E-state index contributed by atoms with van der Waals surface area (Å²) < 4.78 is 31.2. The molecule has 222 valence electrons. The first-order chi connectivity index (χ1) is 20.5. The number of aromatic nitrogens is 2. The highest BCUT2D eigenvalue weighted by Gasteiger charge is 2.30. The van der Waals surface area contributed by atoms with Crippen molar-refractivity contribution < 1.29 is 27.7 Å². The van der Waals surface area contributed by atoms with Crippen molar-refractivity contribution in [3.05, 3.63) is 89.3 Å². The molecule has 8 heteroatoms. The first kappa shape index (κ1) is 29.9. The fourth-order valence-corrected chi connectivity index (χ4v) is 5.12. The van der Waals surface area contributed by atoms with Crippen LogP contribution in [0.3, 0.4) is 0 Å². The Hall–Kier alpha value is -4.59. The molecule has 5 rings (SSSR count). The Kier molecular flexibility index (Phi) is 8.31. The van der Waals surface area contributed by atoms with Crippen LogP contribution in [-0.4, -0.2) is 28.3 Å². The summed E-state index contributed by atoms with van der Waals surface area (Å²) in [5.74, 6) is 1.17. The number of fused-ring (bicyclic) bond motifs is 1. The lowest BCUT2D eigenvalue weighted by molar-refractivity contribution is 0.0952. The van der Waals surface area contributed by atoms with E-state index in [0.29, 0.717) is 51.6 Å². The Balaban J connectivity index is 1.65. The smallest absolute Gasteiger partial charge is 0.213 e. The number of carbonyl (C=O) groups excluding carboxylic acids is 2. The van der Waals surface area contributed by atoms with Crippen LogP contribution in [0.4, 0.5) is 4.39 Å². The molecule has 3 aromatic carbocycles. The van der Waals surface area contributed by atoms with Crippen molar-refractivity contribution in [1.82, 2.24) is 10.1 Å². The van der Waals surface area contributed by atoms with Crippen LogP contribution >= 0.6 is 0 Å². The fourth-order valence-electron chi connectivity index (χ4n) is 5.12.